The van der Waals surface area contributed by atoms with Gasteiger partial charge in [0.25, 0.3) is 11.8 Å². The number of hydrogen-bond donors (Lipinski definition) is 2. The molecule has 0 aliphatic heterocycles. The Bertz CT molecular complexity index is 1160. The maximum Gasteiger partial charge on any atom is 0.276 e. The van der Waals surface area contributed by atoms with Crippen LogP contribution < -0.4 is 29.8 Å². The van der Waals surface area contributed by atoms with E-state index in [1.807, 2.05) is 12.1 Å². The molecule has 0 unspecified atom stereocenters. The Morgan fingerprint density at radius 3 is 2.36 bits per heavy atom. The number of aryl methyl sites for hydroxylation is 2. The van der Waals surface area contributed by atoms with Gasteiger partial charge in [-0.3, -0.25) is 20.4 Å². The highest BCUT2D eigenvalue weighted by molar-refractivity contribution is 5.96. The van der Waals surface area contributed by atoms with Crippen molar-refractivity contribution in [3.8, 4) is 23.0 Å². The maximum atomic E-state index is 12.5. The first-order valence-electron chi connectivity index (χ1n) is 10.6. The molecule has 4 rings (SSSR count). The molecule has 0 spiro atoms. The molecule has 1 heterocycles. The van der Waals surface area contributed by atoms with E-state index in [4.69, 9.17) is 23.4 Å². The number of rotatable bonds is 7. The molecule has 1 aromatic heterocycles. The topological polar surface area (TPSA) is 108 Å². The summed E-state index contributed by atoms with van der Waals surface area (Å²) in [6.07, 6.45) is 4.21. The summed E-state index contributed by atoms with van der Waals surface area (Å²) in [5.74, 6) is 1.56. The van der Waals surface area contributed by atoms with Gasteiger partial charge in [-0.25, -0.2) is 0 Å². The molecule has 3 aromatic rings. The molecular formula is C24H26N2O7. The number of furan rings is 1. The number of methoxy groups -OCH3 is 3. The molecule has 1 aliphatic carbocycles. The second-order valence-corrected chi connectivity index (χ2v) is 7.57. The predicted octanol–water partition coefficient (Wildman–Crippen LogP) is 3.18. The second-order valence-electron chi connectivity index (χ2n) is 7.57. The number of carbonyl (C=O) groups is 2. The molecule has 0 radical (unpaired) electrons. The normalized spacial score (nSPS) is 12.6. The van der Waals surface area contributed by atoms with Crippen molar-refractivity contribution >= 4 is 22.8 Å². The number of hydrogen-bond acceptors (Lipinski definition) is 7. The number of amides is 2. The van der Waals surface area contributed by atoms with E-state index in [0.717, 1.165) is 42.4 Å². The zero-order valence-corrected chi connectivity index (χ0v) is 18.8. The first kappa shape index (κ1) is 22.3. The van der Waals surface area contributed by atoms with Gasteiger partial charge in [-0.05, 0) is 49.6 Å². The Morgan fingerprint density at radius 1 is 0.939 bits per heavy atom. The Labute approximate surface area is 190 Å². The second kappa shape index (κ2) is 9.72. The molecule has 2 aromatic carbocycles. The minimum absolute atomic E-state index is 0.223. The Morgan fingerprint density at radius 2 is 1.67 bits per heavy atom. The number of ether oxygens (including phenoxy) is 4. The molecule has 9 nitrogen and oxygen atoms in total. The van der Waals surface area contributed by atoms with Crippen LogP contribution in [0.3, 0.4) is 0 Å². The molecule has 33 heavy (non-hydrogen) atoms. The van der Waals surface area contributed by atoms with Crippen molar-refractivity contribution in [1.82, 2.24) is 10.9 Å². The molecule has 0 bridgehead atoms. The summed E-state index contributed by atoms with van der Waals surface area (Å²) in [4.78, 5) is 24.7. The van der Waals surface area contributed by atoms with E-state index in [1.54, 1.807) is 6.07 Å². The molecular weight excluding hydrogens is 428 g/mol. The summed E-state index contributed by atoms with van der Waals surface area (Å²) in [7, 11) is 4.38. The van der Waals surface area contributed by atoms with Crippen LogP contribution in [0.4, 0.5) is 0 Å². The van der Waals surface area contributed by atoms with Crippen molar-refractivity contribution in [3.63, 3.8) is 0 Å². The van der Waals surface area contributed by atoms with Gasteiger partial charge in [-0.1, -0.05) is 0 Å². The van der Waals surface area contributed by atoms with Gasteiger partial charge in [0.2, 0.25) is 5.75 Å². The van der Waals surface area contributed by atoms with Crippen LogP contribution in [-0.4, -0.2) is 39.8 Å². The van der Waals surface area contributed by atoms with Crippen molar-refractivity contribution in [3.05, 3.63) is 47.2 Å². The van der Waals surface area contributed by atoms with Crippen molar-refractivity contribution in [2.75, 3.05) is 27.9 Å². The predicted molar refractivity (Wildman–Crippen MR) is 120 cm³/mol. The van der Waals surface area contributed by atoms with Gasteiger partial charge in [0.15, 0.2) is 18.1 Å². The summed E-state index contributed by atoms with van der Waals surface area (Å²) in [5.41, 5.74) is 6.98. The van der Waals surface area contributed by atoms with Crippen LogP contribution in [0.5, 0.6) is 23.0 Å². The summed E-state index contributed by atoms with van der Waals surface area (Å²) >= 11 is 0. The fourth-order valence-corrected chi connectivity index (χ4v) is 3.93. The average Bonchev–Trinajstić information content (AvgIpc) is 3.22. The highest BCUT2D eigenvalue weighted by atomic mass is 16.5. The van der Waals surface area contributed by atoms with Crippen LogP contribution in [0.15, 0.2) is 34.7 Å². The molecule has 0 saturated carbocycles. The molecule has 1 aliphatic rings. The number of hydrazine groups is 1. The fourth-order valence-electron chi connectivity index (χ4n) is 3.93. The van der Waals surface area contributed by atoms with Crippen LogP contribution >= 0.6 is 0 Å². The van der Waals surface area contributed by atoms with E-state index in [1.165, 1.54) is 39.0 Å². The van der Waals surface area contributed by atoms with Crippen LogP contribution in [0.2, 0.25) is 0 Å². The standard InChI is InChI=1S/C24H26N2O7/c1-29-20-10-14(11-21(30-2)23(20)31-3)24(28)26-25-22(27)13-32-15-8-9-19-17(12-15)16-6-4-5-7-18(16)33-19/h8-12H,4-7,13H2,1-3H3,(H,25,27)(H,26,28). The highest BCUT2D eigenvalue weighted by Crippen LogP contribution is 2.38. The molecule has 174 valence electrons. The summed E-state index contributed by atoms with van der Waals surface area (Å²) < 4.78 is 27.3. The third kappa shape index (κ3) is 4.67. The first-order valence-corrected chi connectivity index (χ1v) is 10.6. The molecule has 2 N–H and O–H groups in total. The van der Waals surface area contributed by atoms with E-state index in [-0.39, 0.29) is 12.2 Å². The van der Waals surface area contributed by atoms with Crippen molar-refractivity contribution in [1.29, 1.82) is 0 Å². The minimum atomic E-state index is -0.547. The van der Waals surface area contributed by atoms with Crippen LogP contribution in [0.25, 0.3) is 11.0 Å². The lowest BCUT2D eigenvalue weighted by molar-refractivity contribution is -0.123. The number of carbonyl (C=O) groups excluding carboxylic acids is 2. The Kier molecular flexibility index (Phi) is 6.58. The van der Waals surface area contributed by atoms with E-state index < -0.39 is 11.8 Å². The van der Waals surface area contributed by atoms with E-state index >= 15 is 0 Å². The molecule has 9 heteroatoms. The quantitative estimate of drug-likeness (QED) is 0.528. The summed E-state index contributed by atoms with van der Waals surface area (Å²) in [6.45, 7) is -0.263. The number of benzene rings is 2. The van der Waals surface area contributed by atoms with Crippen LogP contribution in [0, 0.1) is 0 Å². The molecule has 0 fully saturated rings. The van der Waals surface area contributed by atoms with Crippen LogP contribution in [0.1, 0.15) is 34.5 Å². The van der Waals surface area contributed by atoms with E-state index in [0.29, 0.717) is 23.0 Å². The van der Waals surface area contributed by atoms with E-state index in [9.17, 15) is 9.59 Å². The average molecular weight is 454 g/mol. The van der Waals surface area contributed by atoms with Gasteiger partial charge in [0.05, 0.1) is 21.3 Å². The van der Waals surface area contributed by atoms with Crippen molar-refractivity contribution < 1.29 is 33.0 Å². The zero-order valence-electron chi connectivity index (χ0n) is 18.8. The maximum absolute atomic E-state index is 12.5. The fraction of sp³-hybridized carbons (Fsp3) is 0.333. The Balaban J connectivity index is 1.35. The Hall–Kier alpha value is -3.88. The van der Waals surface area contributed by atoms with Gasteiger partial charge in [0.1, 0.15) is 17.1 Å². The molecule has 0 saturated heterocycles. The number of fused-ring (bicyclic) bond motifs is 3. The van der Waals surface area contributed by atoms with Crippen molar-refractivity contribution in [2.45, 2.75) is 25.7 Å². The number of nitrogens with one attached hydrogen (secondary N) is 2. The zero-order chi connectivity index (χ0) is 23.4. The lowest BCUT2D eigenvalue weighted by Crippen LogP contribution is -2.43. The summed E-state index contributed by atoms with van der Waals surface area (Å²) in [5, 5.41) is 1.03. The minimum Gasteiger partial charge on any atom is -0.493 e. The molecule has 2 amide bonds. The van der Waals surface area contributed by atoms with Crippen LogP contribution in [-0.2, 0) is 17.6 Å². The SMILES string of the molecule is COc1cc(C(=O)NNC(=O)COc2ccc3oc4c(c3c2)CCCC4)cc(OC)c1OC. The lowest BCUT2D eigenvalue weighted by Gasteiger charge is -2.14. The lowest BCUT2D eigenvalue weighted by atomic mass is 9.96. The molecule has 0 atom stereocenters. The third-order valence-corrected chi connectivity index (χ3v) is 5.54. The highest BCUT2D eigenvalue weighted by Gasteiger charge is 2.19. The van der Waals surface area contributed by atoms with Gasteiger partial charge >= 0.3 is 0 Å². The van der Waals surface area contributed by atoms with Crippen molar-refractivity contribution in [2.24, 2.45) is 0 Å². The largest absolute Gasteiger partial charge is 0.493 e. The third-order valence-electron chi connectivity index (χ3n) is 5.54. The van der Waals surface area contributed by atoms with E-state index in [2.05, 4.69) is 10.9 Å². The first-order chi connectivity index (χ1) is 16.0. The smallest absolute Gasteiger partial charge is 0.276 e. The van der Waals surface area contributed by atoms with Gasteiger partial charge in [0, 0.05) is 22.9 Å². The van der Waals surface area contributed by atoms with Gasteiger partial charge in [-0.2, -0.15) is 0 Å². The summed E-state index contributed by atoms with van der Waals surface area (Å²) in [6, 6.07) is 8.48. The van der Waals surface area contributed by atoms with Gasteiger partial charge in [-0.15, -0.1) is 0 Å². The monoisotopic (exact) mass is 454 g/mol. The van der Waals surface area contributed by atoms with Gasteiger partial charge < -0.3 is 23.4 Å².